The highest BCUT2D eigenvalue weighted by Crippen LogP contribution is 2.48. The third kappa shape index (κ3) is 4.02. The zero-order valence-electron chi connectivity index (χ0n) is 16.0. The average Bonchev–Trinajstić information content (AvgIpc) is 3.25. The minimum absolute atomic E-state index is 0.425. The predicted octanol–water partition coefficient (Wildman–Crippen LogP) is 4.08. The van der Waals surface area contributed by atoms with E-state index in [1.54, 1.807) is 20.9 Å². The topological polar surface area (TPSA) is 37.2 Å². The lowest BCUT2D eigenvalue weighted by molar-refractivity contribution is 0.0469. The number of allylic oxidation sites excluding steroid dienone is 3. The first-order valence-corrected chi connectivity index (χ1v) is 9.26. The Labute approximate surface area is 150 Å². The highest BCUT2D eigenvalue weighted by atomic mass is 19.1. The molecule has 4 heterocycles. The van der Waals surface area contributed by atoms with Gasteiger partial charge in [-0.25, -0.2) is 9.38 Å². The van der Waals surface area contributed by atoms with E-state index < -0.39 is 5.67 Å². The van der Waals surface area contributed by atoms with E-state index in [0.717, 1.165) is 30.0 Å². The number of alkyl halides is 1. The van der Waals surface area contributed by atoms with Crippen molar-refractivity contribution in [2.75, 3.05) is 7.05 Å². The maximum Gasteiger partial charge on any atom is 0.105 e. The highest BCUT2D eigenvalue weighted by molar-refractivity contribution is 5.95. The Morgan fingerprint density at radius 2 is 1.88 bits per heavy atom. The third-order valence-electron chi connectivity index (χ3n) is 5.50. The van der Waals surface area contributed by atoms with Crippen LogP contribution < -0.4 is 0 Å². The number of ether oxygens (including phenoxy) is 1. The first kappa shape index (κ1) is 18.3. The number of morpholine rings is 1. The summed E-state index contributed by atoms with van der Waals surface area (Å²) in [6.07, 6.45) is 10.2. The Hall–Kier alpha value is -1.49. The van der Waals surface area contributed by atoms with Crippen molar-refractivity contribution in [1.82, 2.24) is 4.90 Å². The lowest BCUT2D eigenvalue weighted by atomic mass is 10.0. The van der Waals surface area contributed by atoms with Crippen LogP contribution in [0.3, 0.4) is 0 Å². The summed E-state index contributed by atoms with van der Waals surface area (Å²) in [4.78, 5) is 11.3. The van der Waals surface area contributed by atoms with Crippen molar-refractivity contribution < 1.29 is 9.13 Å². The molecule has 0 spiro atoms. The van der Waals surface area contributed by atoms with E-state index in [2.05, 4.69) is 21.8 Å². The number of nitrogens with zero attached hydrogens (tertiary/aromatic N) is 3. The fraction of sp³-hybridized carbons (Fsp3) is 0.700. The van der Waals surface area contributed by atoms with Crippen LogP contribution in [-0.4, -0.2) is 53.5 Å². The molecular formula is C20H30FN3O. The molecule has 25 heavy (non-hydrogen) atoms. The molecule has 4 unspecified atom stereocenters. The first-order chi connectivity index (χ1) is 11.8. The Morgan fingerprint density at radius 1 is 1.24 bits per heavy atom. The molecule has 4 fully saturated rings. The van der Waals surface area contributed by atoms with Gasteiger partial charge in [0.1, 0.15) is 11.5 Å². The number of aliphatic imine (C=N–C) groups is 2. The lowest BCUT2D eigenvalue weighted by Crippen LogP contribution is -2.40. The van der Waals surface area contributed by atoms with Gasteiger partial charge in [0.25, 0.3) is 0 Å². The number of halogens is 1. The molecule has 4 nitrogen and oxygen atoms in total. The van der Waals surface area contributed by atoms with Crippen molar-refractivity contribution in [1.29, 1.82) is 0 Å². The van der Waals surface area contributed by atoms with E-state index >= 15 is 0 Å². The van der Waals surface area contributed by atoms with Gasteiger partial charge in [-0.1, -0.05) is 0 Å². The molecule has 4 aliphatic rings. The van der Waals surface area contributed by atoms with E-state index in [-0.39, 0.29) is 0 Å². The van der Waals surface area contributed by atoms with Crippen LogP contribution in [-0.2, 0) is 4.74 Å². The van der Waals surface area contributed by atoms with Crippen LogP contribution in [0, 0.1) is 0 Å². The smallest absolute Gasteiger partial charge is 0.105 e. The Morgan fingerprint density at radius 3 is 2.40 bits per heavy atom. The monoisotopic (exact) mass is 347 g/mol. The van der Waals surface area contributed by atoms with Crippen LogP contribution in [0.5, 0.6) is 0 Å². The molecule has 0 amide bonds. The molecule has 4 atom stereocenters. The fourth-order valence-electron chi connectivity index (χ4n) is 4.24. The molecule has 0 aliphatic carbocycles. The quantitative estimate of drug-likeness (QED) is 0.412. The molecule has 5 heteroatoms. The Kier molecular flexibility index (Phi) is 5.14. The van der Waals surface area contributed by atoms with Crippen LogP contribution in [0.4, 0.5) is 4.39 Å². The van der Waals surface area contributed by atoms with E-state index in [1.807, 2.05) is 25.3 Å². The molecule has 4 aliphatic heterocycles. The van der Waals surface area contributed by atoms with Crippen molar-refractivity contribution in [3.63, 3.8) is 0 Å². The van der Waals surface area contributed by atoms with Gasteiger partial charge >= 0.3 is 0 Å². The summed E-state index contributed by atoms with van der Waals surface area (Å²) in [6.45, 7) is 7.32. The summed E-state index contributed by atoms with van der Waals surface area (Å²) in [5, 5.41) is 0. The van der Waals surface area contributed by atoms with E-state index in [0.29, 0.717) is 37.1 Å². The molecule has 138 valence electrons. The van der Waals surface area contributed by atoms with Crippen molar-refractivity contribution in [3.8, 4) is 0 Å². The largest absolute Gasteiger partial charge is 0.371 e. The molecule has 0 aromatic rings. The van der Waals surface area contributed by atoms with Crippen molar-refractivity contribution in [3.05, 3.63) is 23.9 Å². The zero-order chi connectivity index (χ0) is 18.2. The molecule has 0 N–H and O–H groups in total. The molecule has 0 aromatic carbocycles. The molecule has 4 bridgehead atoms. The summed E-state index contributed by atoms with van der Waals surface area (Å²) < 4.78 is 19.5. The van der Waals surface area contributed by atoms with Gasteiger partial charge in [0.05, 0.1) is 24.3 Å². The Bertz CT molecular complexity index is 613. The minimum atomic E-state index is -1.16. The standard InChI is InChI=1S/C20H30FN3O/c1-13(10-15(22-5)6-8-20(3,4)21)7-9-23-14(2)24-16-11-18-17(24)12-19(16)25-18/h7,9-10,16-19H,6,8,11-12H2,1-5H3/b9-7-,13-10+,22-15-,23-14+. The normalized spacial score (nSPS) is 32.7. The number of hydrogen-bond donors (Lipinski definition) is 0. The van der Waals surface area contributed by atoms with E-state index in [1.165, 1.54) is 0 Å². The molecule has 0 aromatic heterocycles. The second kappa shape index (κ2) is 7.02. The van der Waals surface area contributed by atoms with Crippen molar-refractivity contribution >= 4 is 11.5 Å². The summed E-state index contributed by atoms with van der Waals surface area (Å²) in [5.74, 6) is 1.08. The lowest BCUT2D eigenvalue weighted by Gasteiger charge is -2.27. The van der Waals surface area contributed by atoms with Crippen molar-refractivity contribution in [2.24, 2.45) is 9.98 Å². The zero-order valence-corrected chi connectivity index (χ0v) is 16.0. The summed E-state index contributed by atoms with van der Waals surface area (Å²) >= 11 is 0. The van der Waals surface area contributed by atoms with Crippen molar-refractivity contribution in [2.45, 2.75) is 83.3 Å². The van der Waals surface area contributed by atoms with Gasteiger partial charge in [0.2, 0.25) is 0 Å². The summed E-state index contributed by atoms with van der Waals surface area (Å²) in [5.41, 5.74) is 0.835. The molecule has 0 saturated carbocycles. The van der Waals surface area contributed by atoms with Gasteiger partial charge < -0.3 is 9.64 Å². The van der Waals surface area contributed by atoms with E-state index in [9.17, 15) is 4.39 Å². The average molecular weight is 347 g/mol. The summed E-state index contributed by atoms with van der Waals surface area (Å²) in [6, 6.07) is 1.07. The maximum absolute atomic E-state index is 13.6. The van der Waals surface area contributed by atoms with Gasteiger partial charge in [0, 0.05) is 19.0 Å². The van der Waals surface area contributed by atoms with Gasteiger partial charge in [-0.15, -0.1) is 0 Å². The van der Waals surface area contributed by atoms with Crippen LogP contribution in [0.2, 0.25) is 0 Å². The van der Waals surface area contributed by atoms with Crippen LogP contribution >= 0.6 is 0 Å². The highest BCUT2D eigenvalue weighted by Gasteiger charge is 2.60. The maximum atomic E-state index is 13.6. The van der Waals surface area contributed by atoms with Crippen LogP contribution in [0.1, 0.15) is 53.4 Å². The number of rotatable bonds is 6. The SMILES string of the molecule is C\N=C(/C=C(C)/C=C\N=C(/C)N1C2CC3OC2CC31)CCC(C)(C)F. The third-order valence-corrected chi connectivity index (χ3v) is 5.50. The predicted molar refractivity (Wildman–Crippen MR) is 101 cm³/mol. The second-order valence-corrected chi connectivity index (χ2v) is 8.04. The van der Waals surface area contributed by atoms with Crippen LogP contribution in [0.25, 0.3) is 0 Å². The van der Waals surface area contributed by atoms with Gasteiger partial charge in [-0.05, 0) is 71.1 Å². The van der Waals surface area contributed by atoms with Gasteiger partial charge in [0.15, 0.2) is 0 Å². The van der Waals surface area contributed by atoms with Gasteiger partial charge in [-0.3, -0.25) is 4.99 Å². The summed E-state index contributed by atoms with van der Waals surface area (Å²) in [7, 11) is 1.76. The second-order valence-electron chi connectivity index (χ2n) is 8.04. The molecular weight excluding hydrogens is 317 g/mol. The van der Waals surface area contributed by atoms with Gasteiger partial charge in [-0.2, -0.15) is 0 Å². The molecule has 0 radical (unpaired) electrons. The van der Waals surface area contributed by atoms with E-state index in [4.69, 9.17) is 4.74 Å². The fourth-order valence-corrected chi connectivity index (χ4v) is 4.24. The van der Waals surface area contributed by atoms with Crippen LogP contribution in [0.15, 0.2) is 33.9 Å². The molecule has 4 rings (SSSR count). The Balaban J connectivity index is 1.56. The number of amidine groups is 1. The minimum Gasteiger partial charge on any atom is -0.371 e. The molecule has 4 saturated heterocycles. The first-order valence-electron chi connectivity index (χ1n) is 9.26. The number of hydrogen-bond acceptors (Lipinski definition) is 3.